The molecule has 0 amide bonds. The maximum atomic E-state index is 10.6. The molecule has 0 radical (unpaired) electrons. The summed E-state index contributed by atoms with van der Waals surface area (Å²) in [4.78, 5) is 24.5. The van der Waals surface area contributed by atoms with E-state index in [1.54, 1.807) is 10.9 Å². The molecule has 14 heteroatoms. The van der Waals surface area contributed by atoms with Gasteiger partial charge in [-0.1, -0.05) is 0 Å². The van der Waals surface area contributed by atoms with Crippen LogP contribution in [0.5, 0.6) is 0 Å². The molecule has 3 aromatic heterocycles. The molecule has 0 atom stereocenters. The number of aliphatic carboxylic acids is 1. The number of carbonyl (C=O) groups is 1. The Balaban J connectivity index is 0.000000454. The fraction of sp³-hybridized carbons (Fsp3) is 0.273. The minimum absolute atomic E-state index is 0.524. The number of halogens is 3. The topological polar surface area (TPSA) is 127 Å². The van der Waals surface area contributed by atoms with Crippen molar-refractivity contribution >= 4 is 23.4 Å². The van der Waals surface area contributed by atoms with Crippen molar-refractivity contribution in [3.8, 4) is 16.9 Å². The molecule has 1 aromatic carbocycles. The van der Waals surface area contributed by atoms with Crippen LogP contribution < -0.4 is 10.2 Å². The zero-order valence-electron chi connectivity index (χ0n) is 20.1. The fourth-order valence-electron chi connectivity index (χ4n) is 3.00. The summed E-state index contributed by atoms with van der Waals surface area (Å²) in [5.74, 6) is 0.183. The molecule has 0 aliphatic heterocycles. The van der Waals surface area contributed by atoms with Crippen LogP contribution in [0.25, 0.3) is 16.9 Å². The highest BCUT2D eigenvalue weighted by Gasteiger charge is 2.38. The van der Waals surface area contributed by atoms with Gasteiger partial charge in [0.25, 0.3) is 0 Å². The quantitative estimate of drug-likeness (QED) is 0.421. The van der Waals surface area contributed by atoms with E-state index in [-0.39, 0.29) is 0 Å². The normalized spacial score (nSPS) is 11.0. The first-order valence-electron chi connectivity index (χ1n) is 10.5. The van der Waals surface area contributed by atoms with Crippen LogP contribution in [-0.4, -0.2) is 65.9 Å². The number of carboxylic acid groups (broad SMARTS) is 1. The molecule has 190 valence electrons. The van der Waals surface area contributed by atoms with Crippen LogP contribution in [0.1, 0.15) is 11.6 Å². The lowest BCUT2D eigenvalue weighted by Crippen LogP contribution is -2.21. The number of benzene rings is 1. The van der Waals surface area contributed by atoms with Gasteiger partial charge in [0.15, 0.2) is 0 Å². The average molecular weight is 503 g/mol. The first-order valence-corrected chi connectivity index (χ1v) is 10.5. The van der Waals surface area contributed by atoms with Crippen LogP contribution in [0.15, 0.2) is 42.7 Å². The Bertz CT molecular complexity index is 1350. The molecule has 0 saturated carbocycles. The molecule has 2 N–H and O–H groups in total. The van der Waals surface area contributed by atoms with Gasteiger partial charge in [-0.2, -0.15) is 28.4 Å². The Morgan fingerprint density at radius 3 is 2.19 bits per heavy atom. The lowest BCUT2D eigenvalue weighted by molar-refractivity contribution is -0.192. The molecule has 0 saturated heterocycles. The zero-order valence-corrected chi connectivity index (χ0v) is 20.1. The van der Waals surface area contributed by atoms with Crippen LogP contribution in [0.4, 0.5) is 30.6 Å². The molecule has 36 heavy (non-hydrogen) atoms. The number of aromatic nitrogens is 7. The monoisotopic (exact) mass is 503 g/mol. The summed E-state index contributed by atoms with van der Waals surface area (Å²) in [6.07, 6.45) is -1.36. The smallest absolute Gasteiger partial charge is 0.475 e. The predicted octanol–water partition coefficient (Wildman–Crippen LogP) is 3.52. The van der Waals surface area contributed by atoms with Gasteiger partial charge >= 0.3 is 12.1 Å². The third kappa shape index (κ3) is 6.55. The van der Waals surface area contributed by atoms with Crippen molar-refractivity contribution in [2.75, 3.05) is 24.3 Å². The van der Waals surface area contributed by atoms with Crippen LogP contribution in [0.3, 0.4) is 0 Å². The van der Waals surface area contributed by atoms with E-state index in [4.69, 9.17) is 9.90 Å². The molecule has 11 nitrogen and oxygen atoms in total. The molecular weight excluding hydrogens is 479 g/mol. The lowest BCUT2D eigenvalue weighted by Gasteiger charge is -2.14. The molecule has 0 bridgehead atoms. The third-order valence-corrected chi connectivity index (χ3v) is 4.66. The highest BCUT2D eigenvalue weighted by molar-refractivity contribution is 5.73. The van der Waals surface area contributed by atoms with E-state index in [2.05, 4.69) is 30.5 Å². The number of carboxylic acids is 1. The van der Waals surface area contributed by atoms with Gasteiger partial charge in [0.05, 0.1) is 17.6 Å². The standard InChI is InChI=1S/C20H23N9.C2HF3O2/c1-13-22-14(2)29(26-13)17-8-6-16(7-9-17)23-20-24-18(10-19(25-20)27(3)4)15-11-21-28(5)12-15;3-2(4,5)1(6)7/h6-12H,1-5H3,(H,23,24,25);(H,6,7). The number of alkyl halides is 3. The number of rotatable bonds is 5. The van der Waals surface area contributed by atoms with E-state index in [0.29, 0.717) is 5.95 Å². The van der Waals surface area contributed by atoms with Crippen LogP contribution >= 0.6 is 0 Å². The minimum atomic E-state index is -5.08. The van der Waals surface area contributed by atoms with Crippen molar-refractivity contribution in [1.29, 1.82) is 0 Å². The first kappa shape index (κ1) is 26.1. The number of nitrogens with zero attached hydrogens (tertiary/aromatic N) is 8. The Kier molecular flexibility index (Phi) is 7.56. The van der Waals surface area contributed by atoms with E-state index >= 15 is 0 Å². The molecule has 0 spiro atoms. The summed E-state index contributed by atoms with van der Waals surface area (Å²) < 4.78 is 35.3. The maximum absolute atomic E-state index is 10.6. The third-order valence-electron chi connectivity index (χ3n) is 4.66. The number of hydrogen-bond acceptors (Lipinski definition) is 8. The summed E-state index contributed by atoms with van der Waals surface area (Å²) in [6, 6.07) is 9.87. The number of aryl methyl sites for hydroxylation is 3. The summed E-state index contributed by atoms with van der Waals surface area (Å²) >= 11 is 0. The zero-order chi connectivity index (χ0) is 26.6. The van der Waals surface area contributed by atoms with Crippen molar-refractivity contribution in [3.63, 3.8) is 0 Å². The summed E-state index contributed by atoms with van der Waals surface area (Å²) in [5, 5.41) is 19.1. The maximum Gasteiger partial charge on any atom is 0.490 e. The van der Waals surface area contributed by atoms with Gasteiger partial charge in [-0.05, 0) is 38.1 Å². The van der Waals surface area contributed by atoms with Gasteiger partial charge in [0, 0.05) is 44.7 Å². The van der Waals surface area contributed by atoms with Gasteiger partial charge in [0.2, 0.25) is 5.95 Å². The van der Waals surface area contributed by atoms with Gasteiger partial charge in [-0.15, -0.1) is 0 Å². The highest BCUT2D eigenvalue weighted by atomic mass is 19.4. The second kappa shape index (κ2) is 10.4. The lowest BCUT2D eigenvalue weighted by atomic mass is 10.2. The summed E-state index contributed by atoms with van der Waals surface area (Å²) in [7, 11) is 5.79. The Hall–Kier alpha value is -4.49. The van der Waals surface area contributed by atoms with Crippen molar-refractivity contribution in [3.05, 3.63) is 54.4 Å². The van der Waals surface area contributed by atoms with Gasteiger partial charge in [0.1, 0.15) is 17.5 Å². The van der Waals surface area contributed by atoms with E-state index in [1.165, 1.54) is 0 Å². The average Bonchev–Trinajstić information content (AvgIpc) is 3.38. The molecule has 4 aromatic rings. The van der Waals surface area contributed by atoms with Crippen molar-refractivity contribution in [2.24, 2.45) is 7.05 Å². The minimum Gasteiger partial charge on any atom is -0.475 e. The summed E-state index contributed by atoms with van der Waals surface area (Å²) in [5.41, 5.74) is 3.59. The van der Waals surface area contributed by atoms with Crippen LogP contribution in [0.2, 0.25) is 0 Å². The molecular formula is C22H24F3N9O2. The van der Waals surface area contributed by atoms with E-state index in [0.717, 1.165) is 40.1 Å². The van der Waals surface area contributed by atoms with E-state index in [1.807, 2.05) is 81.1 Å². The van der Waals surface area contributed by atoms with Gasteiger partial charge in [-0.3, -0.25) is 4.68 Å². The van der Waals surface area contributed by atoms with Crippen LogP contribution in [0, 0.1) is 13.8 Å². The molecule has 0 unspecified atom stereocenters. The number of nitrogens with one attached hydrogen (secondary N) is 1. The molecule has 4 rings (SSSR count). The van der Waals surface area contributed by atoms with Crippen LogP contribution in [-0.2, 0) is 11.8 Å². The Morgan fingerprint density at radius 2 is 1.72 bits per heavy atom. The van der Waals surface area contributed by atoms with Gasteiger partial charge < -0.3 is 15.3 Å². The van der Waals surface area contributed by atoms with Crippen molar-refractivity contribution < 1.29 is 23.1 Å². The Labute approximate surface area is 204 Å². The largest absolute Gasteiger partial charge is 0.490 e. The molecule has 0 aliphatic carbocycles. The van der Waals surface area contributed by atoms with Crippen molar-refractivity contribution in [2.45, 2.75) is 20.0 Å². The fourth-order valence-corrected chi connectivity index (χ4v) is 3.00. The van der Waals surface area contributed by atoms with Gasteiger partial charge in [-0.25, -0.2) is 19.4 Å². The SMILES string of the molecule is Cc1nc(C)n(-c2ccc(Nc3nc(-c4cnn(C)c4)cc(N(C)C)n3)cc2)n1.O=C(O)C(F)(F)F. The van der Waals surface area contributed by atoms with E-state index in [9.17, 15) is 13.2 Å². The second-order valence-corrected chi connectivity index (χ2v) is 7.82. The first-order chi connectivity index (χ1) is 16.8. The van der Waals surface area contributed by atoms with E-state index < -0.39 is 12.1 Å². The Morgan fingerprint density at radius 1 is 1.08 bits per heavy atom. The molecule has 0 fully saturated rings. The highest BCUT2D eigenvalue weighted by Crippen LogP contribution is 2.24. The molecule has 3 heterocycles. The predicted molar refractivity (Wildman–Crippen MR) is 126 cm³/mol. The molecule has 0 aliphatic rings. The summed E-state index contributed by atoms with van der Waals surface area (Å²) in [6.45, 7) is 3.82. The second-order valence-electron chi connectivity index (χ2n) is 7.82. The number of anilines is 3. The number of hydrogen-bond donors (Lipinski definition) is 2. The van der Waals surface area contributed by atoms with Crippen molar-refractivity contribution in [1.82, 2.24) is 34.5 Å².